The first-order valence-corrected chi connectivity index (χ1v) is 33.5. The van der Waals surface area contributed by atoms with Crippen LogP contribution >= 0.6 is 23.2 Å². The number of rotatable bonds is 16. The third-order valence-corrected chi connectivity index (χ3v) is 18.0. The smallest absolute Gasteiger partial charge is 0.341 e. The van der Waals surface area contributed by atoms with E-state index in [1.54, 1.807) is 34.5 Å². The van der Waals surface area contributed by atoms with Crippen molar-refractivity contribution < 1.29 is 69.7 Å². The fourth-order valence-electron chi connectivity index (χ4n) is 9.93. The Balaban J connectivity index is 0.000000181. The number of oxime groups is 1. The first kappa shape index (κ1) is 71.6. The number of amides is 2. The number of ketones is 1. The van der Waals surface area contributed by atoms with Gasteiger partial charge in [0.25, 0.3) is 33.0 Å². The van der Waals surface area contributed by atoms with Crippen LogP contribution in [0.3, 0.4) is 0 Å². The van der Waals surface area contributed by atoms with Gasteiger partial charge in [0, 0.05) is 48.7 Å². The SMILES string of the molecule is CCc1cc(C)cc(CC)c1-c1c(OC(=O)C(C)(C)C)n2n(c1=O)CCOCC2.COc1c(Cl)ccc(Cl)c1C(=O)O.COc1ccccc1C(=O)NS(=O)(=O)c1ccc(C(=O)NC2CC2)cc1.Cc1c(C(=O)c2c[nH]n(C)c2=O)ccc(S(C)(=O)=O)c1C1=NOCC1. The number of aromatic nitrogens is 4. The fourth-order valence-corrected chi connectivity index (χ4v) is 12.3. The highest BCUT2D eigenvalue weighted by Crippen LogP contribution is 2.37. The summed E-state index contributed by atoms with van der Waals surface area (Å²) in [4.78, 5) is 91.1. The monoisotopic (exact) mass is 1360 g/mol. The zero-order valence-corrected chi connectivity index (χ0v) is 56.3. The lowest BCUT2D eigenvalue weighted by Crippen LogP contribution is -2.31. The van der Waals surface area contributed by atoms with E-state index in [0.29, 0.717) is 73.2 Å². The van der Waals surface area contributed by atoms with Crippen LogP contribution in [0.5, 0.6) is 17.4 Å². The number of carbonyl (C=O) groups excluding carboxylic acids is 4. The lowest BCUT2D eigenvalue weighted by molar-refractivity contribution is -0.143. The first-order valence-electron chi connectivity index (χ1n) is 29.3. The van der Waals surface area contributed by atoms with E-state index in [-0.39, 0.29) is 77.1 Å². The first-order chi connectivity index (χ1) is 43.9. The van der Waals surface area contributed by atoms with Crippen LogP contribution in [0, 0.1) is 19.3 Å². The number of sulfone groups is 1. The molecule has 24 nitrogen and oxygen atoms in total. The maximum atomic E-state index is 13.5. The summed E-state index contributed by atoms with van der Waals surface area (Å²) in [6.45, 7) is 15.5. The van der Waals surface area contributed by atoms with E-state index < -0.39 is 48.5 Å². The summed E-state index contributed by atoms with van der Waals surface area (Å²) in [7, 11) is -3.36. The van der Waals surface area contributed by atoms with Gasteiger partial charge in [-0.1, -0.05) is 72.0 Å². The molecule has 0 radical (unpaired) electrons. The van der Waals surface area contributed by atoms with Gasteiger partial charge in [0.2, 0.25) is 5.88 Å². The van der Waals surface area contributed by atoms with Crippen molar-refractivity contribution in [2.24, 2.45) is 17.6 Å². The Kier molecular flexibility index (Phi) is 23.3. The summed E-state index contributed by atoms with van der Waals surface area (Å²) in [5.41, 5.74) is 5.47. The zero-order valence-electron chi connectivity index (χ0n) is 53.1. The number of halogens is 2. The number of para-hydroxylation sites is 1. The summed E-state index contributed by atoms with van der Waals surface area (Å²) >= 11 is 11.4. The molecular weight excluding hydrogens is 1290 g/mol. The van der Waals surface area contributed by atoms with Crippen molar-refractivity contribution in [3.8, 4) is 28.5 Å². The predicted octanol–water partition coefficient (Wildman–Crippen LogP) is 8.92. The lowest BCUT2D eigenvalue weighted by atomic mass is 9.91. The number of benzene rings is 5. The second kappa shape index (κ2) is 30.3. The van der Waals surface area contributed by atoms with Crippen LogP contribution in [0.25, 0.3) is 11.1 Å². The second-order valence-corrected chi connectivity index (χ2v) is 27.2. The number of carbonyl (C=O) groups is 5. The summed E-state index contributed by atoms with van der Waals surface area (Å²) in [6, 6.07) is 21.9. The Bertz CT molecular complexity index is 4380. The standard InChI is InChI=1S/C23H32N2O4.C18H18N2O5S.C16H17N3O5S.C8H6Cl2O3/c1-7-16-13-15(3)14-17(8-2)18(16)19-20(26)24-9-11-28-12-10-25(24)21(19)29-22(27)23(4,5)6;1-25-16-5-3-2-4-15(16)18(22)20-26(23,24)14-10-6-12(7-11-14)17(21)19-13-8-9-13;1-9-10(15(20)11-8-17-19(2)16(11)21)4-5-13(25(3,22)23)14(9)12-6-7-24-18-12;1-13-7-5(10)3-2-4(9)6(7)8(11)12/h13-14H,7-12H2,1-6H3;2-7,10-11,13H,8-9H2,1H3,(H,19,21)(H,20,22);4-5,8,17H,6-7H2,1-3H3;2-3H,1H3,(H,11,12). The Hall–Kier alpha value is -8.82. The quantitative estimate of drug-likeness (QED) is 0.0518. The van der Waals surface area contributed by atoms with E-state index in [1.165, 1.54) is 92.3 Å². The molecule has 2 aliphatic heterocycles. The number of aromatic amines is 1. The van der Waals surface area contributed by atoms with Crippen LogP contribution in [0.1, 0.15) is 129 Å². The van der Waals surface area contributed by atoms with Gasteiger partial charge in [0.15, 0.2) is 21.4 Å². The molecule has 3 aliphatic rings. The van der Waals surface area contributed by atoms with E-state index in [1.807, 2.05) is 25.5 Å². The average molecular weight is 1360 g/mol. The molecule has 2 amide bonds. The van der Waals surface area contributed by atoms with Crippen LogP contribution in [0.4, 0.5) is 0 Å². The van der Waals surface area contributed by atoms with Crippen molar-refractivity contribution >= 4 is 78.3 Å². The van der Waals surface area contributed by atoms with Gasteiger partial charge < -0.3 is 39.3 Å². The minimum atomic E-state index is -4.07. The van der Waals surface area contributed by atoms with Crippen LogP contribution in [0.15, 0.2) is 116 Å². The van der Waals surface area contributed by atoms with Crippen LogP contribution in [-0.4, -0.2) is 123 Å². The number of nitrogens with one attached hydrogen (secondary N) is 3. The highest BCUT2D eigenvalue weighted by atomic mass is 35.5. The molecule has 28 heteroatoms. The molecule has 4 N–H and O–H groups in total. The van der Waals surface area contributed by atoms with E-state index >= 15 is 0 Å². The summed E-state index contributed by atoms with van der Waals surface area (Å²) in [5.74, 6) is -2.33. The van der Waals surface area contributed by atoms with Crippen LogP contribution in [0.2, 0.25) is 10.0 Å². The molecule has 5 aromatic carbocycles. The molecule has 1 fully saturated rings. The predicted molar refractivity (Wildman–Crippen MR) is 349 cm³/mol. The number of nitrogens with zero attached hydrogens (tertiary/aromatic N) is 4. The maximum Gasteiger partial charge on any atom is 0.341 e. The number of sulfonamides is 1. The number of ether oxygens (including phenoxy) is 4. The highest BCUT2D eigenvalue weighted by Gasteiger charge is 2.33. The summed E-state index contributed by atoms with van der Waals surface area (Å²) in [5, 5.41) is 18.5. The molecule has 1 aliphatic carbocycles. The molecule has 4 heterocycles. The van der Waals surface area contributed by atoms with E-state index in [4.69, 9.17) is 52.1 Å². The highest BCUT2D eigenvalue weighted by molar-refractivity contribution is 7.91. The molecule has 7 aromatic rings. The van der Waals surface area contributed by atoms with Crippen molar-refractivity contribution in [1.29, 1.82) is 0 Å². The largest absolute Gasteiger partial charge is 0.496 e. The molecule has 496 valence electrons. The molecule has 0 bridgehead atoms. The fraction of sp³-hybridized carbons (Fsp3) is 0.354. The third kappa shape index (κ3) is 16.9. The number of aryl methyl sites for hydroxylation is 4. The maximum absolute atomic E-state index is 13.5. The summed E-state index contributed by atoms with van der Waals surface area (Å²) in [6.07, 6.45) is 6.41. The van der Waals surface area contributed by atoms with Gasteiger partial charge in [0.1, 0.15) is 29.0 Å². The van der Waals surface area contributed by atoms with Gasteiger partial charge in [-0.3, -0.25) is 33.4 Å². The van der Waals surface area contributed by atoms with E-state index in [0.717, 1.165) is 48.6 Å². The molecular formula is C65H73Cl2N7O17S2. The number of aromatic carboxylic acids is 1. The van der Waals surface area contributed by atoms with Crippen LogP contribution < -0.4 is 35.4 Å². The topological polar surface area (TPSA) is 321 Å². The number of hydrogen-bond acceptors (Lipinski definition) is 17. The number of carboxylic acids is 1. The van der Waals surface area contributed by atoms with E-state index in [2.05, 4.69) is 48.5 Å². The van der Waals surface area contributed by atoms with Gasteiger partial charge in [-0.15, -0.1) is 0 Å². The van der Waals surface area contributed by atoms with Gasteiger partial charge in [-0.05, 0) is 143 Å². The van der Waals surface area contributed by atoms with E-state index in [9.17, 15) is 50.4 Å². The molecule has 0 saturated heterocycles. The normalized spacial score (nSPS) is 13.5. The number of esters is 1. The molecule has 1 saturated carbocycles. The van der Waals surface area contributed by atoms with Crippen LogP contribution in [-0.2, 0) is 67.2 Å². The second-order valence-electron chi connectivity index (χ2n) is 22.7. The molecule has 93 heavy (non-hydrogen) atoms. The number of carboxylic acid groups (broad SMARTS) is 1. The average Bonchev–Trinajstić information content (AvgIpc) is 1.66. The van der Waals surface area contributed by atoms with Gasteiger partial charge in [-0.25, -0.2) is 35.7 Å². The number of fused-ring (bicyclic) bond motifs is 1. The van der Waals surface area contributed by atoms with Crippen molar-refractivity contribution in [3.63, 3.8) is 0 Å². The molecule has 0 unspecified atom stereocenters. The number of methoxy groups -OCH3 is 2. The molecule has 0 spiro atoms. The van der Waals surface area contributed by atoms with Gasteiger partial charge >= 0.3 is 11.9 Å². The Morgan fingerprint density at radius 1 is 0.763 bits per heavy atom. The molecule has 10 rings (SSSR count). The molecule has 2 aromatic heterocycles. The Morgan fingerprint density at radius 3 is 1.91 bits per heavy atom. The van der Waals surface area contributed by atoms with Crippen molar-refractivity contribution in [3.05, 3.63) is 178 Å². The minimum Gasteiger partial charge on any atom is -0.496 e. The van der Waals surface area contributed by atoms with Crippen molar-refractivity contribution in [2.45, 2.75) is 109 Å². The zero-order chi connectivity index (χ0) is 68.4. The van der Waals surface area contributed by atoms with Gasteiger partial charge in [-0.2, -0.15) is 0 Å². The number of hydrogen-bond donors (Lipinski definition) is 4. The molecule has 0 atom stereocenters. The minimum absolute atomic E-state index is 0.00623. The Morgan fingerprint density at radius 2 is 1.39 bits per heavy atom. The van der Waals surface area contributed by atoms with Gasteiger partial charge in [0.05, 0.1) is 77.0 Å². The van der Waals surface area contributed by atoms with Crippen molar-refractivity contribution in [1.82, 2.24) is 29.2 Å². The van der Waals surface area contributed by atoms with Crippen molar-refractivity contribution in [2.75, 3.05) is 40.3 Å². The lowest BCUT2D eigenvalue weighted by Gasteiger charge is -2.19. The third-order valence-electron chi connectivity index (χ3n) is 14.9. The number of H-pyrrole nitrogens is 1. The summed E-state index contributed by atoms with van der Waals surface area (Å²) < 4.78 is 77.1. The Labute approximate surface area is 547 Å².